The van der Waals surface area contributed by atoms with Crippen LogP contribution in [0.25, 0.3) is 0 Å². The molecule has 1 atom stereocenters. The van der Waals surface area contributed by atoms with E-state index in [0.29, 0.717) is 13.2 Å². The molecule has 1 aromatic rings. The van der Waals surface area contributed by atoms with Crippen LogP contribution in [-0.4, -0.2) is 13.2 Å². The molecule has 1 aliphatic heterocycles. The van der Waals surface area contributed by atoms with Crippen molar-refractivity contribution in [3.8, 4) is 6.07 Å². The molecule has 1 fully saturated rings. The second-order valence-corrected chi connectivity index (χ2v) is 4.71. The van der Waals surface area contributed by atoms with E-state index < -0.39 is 5.41 Å². The van der Waals surface area contributed by atoms with Gasteiger partial charge in [-0.3, -0.25) is 0 Å². The summed E-state index contributed by atoms with van der Waals surface area (Å²) in [6.45, 7) is 0.856. The molecular weight excluding hydrogens is 256 g/mol. The number of hydrogen-bond donors (Lipinski definition) is 1. The number of nitriles is 1. The Bertz CT molecular complexity index is 409. The van der Waals surface area contributed by atoms with Gasteiger partial charge in [-0.25, -0.2) is 0 Å². The van der Waals surface area contributed by atoms with Crippen LogP contribution in [0.15, 0.2) is 28.7 Å². The van der Waals surface area contributed by atoms with Gasteiger partial charge in [0.2, 0.25) is 0 Å². The van der Waals surface area contributed by atoms with Gasteiger partial charge in [0.1, 0.15) is 5.41 Å². The van der Waals surface area contributed by atoms with Gasteiger partial charge >= 0.3 is 0 Å². The summed E-state index contributed by atoms with van der Waals surface area (Å²) in [5.74, 6) is 0. The summed E-state index contributed by atoms with van der Waals surface area (Å²) < 4.78 is 6.06. The predicted molar refractivity (Wildman–Crippen MR) is 59.9 cm³/mol. The highest BCUT2D eigenvalue weighted by Crippen LogP contribution is 2.38. The molecule has 0 radical (unpaired) electrons. The fourth-order valence-corrected chi connectivity index (χ4v) is 2.07. The Hall–Kier alpha value is -0.890. The summed E-state index contributed by atoms with van der Waals surface area (Å²) in [6, 6.07) is 9.73. The number of nitrogens with zero attached hydrogens (tertiary/aromatic N) is 1. The molecule has 2 rings (SSSR count). The second kappa shape index (κ2) is 3.93. The number of nitrogens with two attached hydrogens (primary N) is 1. The van der Waals surface area contributed by atoms with E-state index in [4.69, 9.17) is 15.7 Å². The van der Waals surface area contributed by atoms with Gasteiger partial charge in [-0.2, -0.15) is 5.26 Å². The molecule has 0 aromatic heterocycles. The molecule has 15 heavy (non-hydrogen) atoms. The molecule has 3 nitrogen and oxygen atoms in total. The highest BCUT2D eigenvalue weighted by atomic mass is 79.9. The topological polar surface area (TPSA) is 59.0 Å². The van der Waals surface area contributed by atoms with Gasteiger partial charge in [0.05, 0.1) is 25.3 Å². The van der Waals surface area contributed by atoms with Crippen molar-refractivity contribution < 1.29 is 4.74 Å². The van der Waals surface area contributed by atoms with E-state index in [1.807, 2.05) is 24.3 Å². The minimum Gasteiger partial charge on any atom is -0.378 e. The van der Waals surface area contributed by atoms with E-state index >= 15 is 0 Å². The Kier molecular flexibility index (Phi) is 2.79. The van der Waals surface area contributed by atoms with Crippen LogP contribution in [0.2, 0.25) is 0 Å². The summed E-state index contributed by atoms with van der Waals surface area (Å²) in [5, 5.41) is 9.12. The molecule has 0 amide bonds. The Morgan fingerprint density at radius 1 is 1.53 bits per heavy atom. The lowest BCUT2D eigenvalue weighted by Crippen LogP contribution is -2.49. The van der Waals surface area contributed by atoms with Crippen LogP contribution in [0, 0.1) is 16.7 Å². The maximum atomic E-state index is 9.12. The highest BCUT2D eigenvalue weighted by molar-refractivity contribution is 9.10. The molecule has 0 saturated carbocycles. The number of rotatable bonds is 2. The van der Waals surface area contributed by atoms with Crippen molar-refractivity contribution in [1.82, 2.24) is 0 Å². The maximum Gasteiger partial charge on any atom is 0.123 e. The van der Waals surface area contributed by atoms with Gasteiger partial charge in [-0.05, 0) is 17.7 Å². The molecule has 1 aliphatic rings. The molecule has 0 aliphatic carbocycles. The second-order valence-electron chi connectivity index (χ2n) is 3.79. The molecule has 0 spiro atoms. The quantitative estimate of drug-likeness (QED) is 0.891. The van der Waals surface area contributed by atoms with Crippen molar-refractivity contribution in [2.24, 2.45) is 11.1 Å². The van der Waals surface area contributed by atoms with Gasteiger partial charge in [-0.1, -0.05) is 28.1 Å². The van der Waals surface area contributed by atoms with Crippen molar-refractivity contribution in [3.05, 3.63) is 34.3 Å². The first kappa shape index (κ1) is 10.6. The SMILES string of the molecule is N#CC1(C(N)c2cccc(Br)c2)COC1. The van der Waals surface area contributed by atoms with Crippen molar-refractivity contribution in [3.63, 3.8) is 0 Å². The van der Waals surface area contributed by atoms with Crippen molar-refractivity contribution in [1.29, 1.82) is 5.26 Å². The number of hydrogen-bond acceptors (Lipinski definition) is 3. The normalized spacial score (nSPS) is 20.1. The molecule has 1 aromatic carbocycles. The first-order chi connectivity index (χ1) is 7.18. The summed E-state index contributed by atoms with van der Waals surface area (Å²) in [6.07, 6.45) is 0. The molecule has 1 unspecified atom stereocenters. The monoisotopic (exact) mass is 266 g/mol. The molecule has 1 saturated heterocycles. The van der Waals surface area contributed by atoms with Gasteiger partial charge in [0.25, 0.3) is 0 Å². The Morgan fingerprint density at radius 3 is 2.73 bits per heavy atom. The molecule has 2 N–H and O–H groups in total. The molecule has 78 valence electrons. The van der Waals surface area contributed by atoms with Gasteiger partial charge in [0, 0.05) is 4.47 Å². The summed E-state index contributed by atoms with van der Waals surface area (Å²) in [4.78, 5) is 0. The number of halogens is 1. The summed E-state index contributed by atoms with van der Waals surface area (Å²) in [7, 11) is 0. The van der Waals surface area contributed by atoms with E-state index in [1.54, 1.807) is 0 Å². The fourth-order valence-electron chi connectivity index (χ4n) is 1.65. The van der Waals surface area contributed by atoms with E-state index in [0.717, 1.165) is 10.0 Å². The lowest BCUT2D eigenvalue weighted by Gasteiger charge is -2.39. The van der Waals surface area contributed by atoms with Crippen LogP contribution in [0.4, 0.5) is 0 Å². The van der Waals surface area contributed by atoms with E-state index in [2.05, 4.69) is 22.0 Å². The van der Waals surface area contributed by atoms with Crippen LogP contribution in [0.3, 0.4) is 0 Å². The van der Waals surface area contributed by atoms with Gasteiger partial charge < -0.3 is 10.5 Å². The first-order valence-corrected chi connectivity index (χ1v) is 5.47. The maximum absolute atomic E-state index is 9.12. The number of benzene rings is 1. The van der Waals surface area contributed by atoms with E-state index in [1.165, 1.54) is 0 Å². The molecular formula is C11H11BrN2O. The Morgan fingerprint density at radius 2 is 2.27 bits per heavy atom. The zero-order valence-corrected chi connectivity index (χ0v) is 9.70. The molecule has 1 heterocycles. The fraction of sp³-hybridized carbons (Fsp3) is 0.364. The smallest absolute Gasteiger partial charge is 0.123 e. The van der Waals surface area contributed by atoms with Crippen LogP contribution in [0.1, 0.15) is 11.6 Å². The third kappa shape index (κ3) is 1.78. The molecule has 4 heteroatoms. The van der Waals surface area contributed by atoms with Crippen LogP contribution < -0.4 is 5.73 Å². The third-order valence-electron chi connectivity index (χ3n) is 2.75. The Balaban J connectivity index is 2.28. The van der Waals surface area contributed by atoms with E-state index in [9.17, 15) is 0 Å². The largest absolute Gasteiger partial charge is 0.378 e. The standard InChI is InChI=1S/C11H11BrN2O/c12-9-3-1-2-8(4-9)10(14)11(5-13)6-15-7-11/h1-4,10H,6-7,14H2. The first-order valence-electron chi connectivity index (χ1n) is 4.68. The van der Waals surface area contributed by atoms with Crippen LogP contribution in [-0.2, 0) is 4.74 Å². The zero-order chi connectivity index (χ0) is 10.9. The van der Waals surface area contributed by atoms with Crippen LogP contribution in [0.5, 0.6) is 0 Å². The predicted octanol–water partition coefficient (Wildman–Crippen LogP) is 1.99. The summed E-state index contributed by atoms with van der Waals surface area (Å²) >= 11 is 3.39. The zero-order valence-electron chi connectivity index (χ0n) is 8.11. The highest BCUT2D eigenvalue weighted by Gasteiger charge is 2.45. The lowest BCUT2D eigenvalue weighted by molar-refractivity contribution is -0.0910. The lowest BCUT2D eigenvalue weighted by atomic mass is 9.77. The third-order valence-corrected chi connectivity index (χ3v) is 3.24. The van der Waals surface area contributed by atoms with Crippen LogP contribution >= 0.6 is 15.9 Å². The van der Waals surface area contributed by atoms with Crippen molar-refractivity contribution >= 4 is 15.9 Å². The average Bonchev–Trinajstić information content (AvgIpc) is 2.17. The van der Waals surface area contributed by atoms with Gasteiger partial charge in [0.15, 0.2) is 0 Å². The number of ether oxygens (including phenoxy) is 1. The average molecular weight is 267 g/mol. The summed E-state index contributed by atoms with van der Waals surface area (Å²) in [5.41, 5.74) is 6.52. The Labute approximate surface area is 97.0 Å². The minimum atomic E-state index is -0.541. The van der Waals surface area contributed by atoms with Gasteiger partial charge in [-0.15, -0.1) is 0 Å². The minimum absolute atomic E-state index is 0.284. The van der Waals surface area contributed by atoms with E-state index in [-0.39, 0.29) is 6.04 Å². The molecule has 0 bridgehead atoms. The van der Waals surface area contributed by atoms with Crippen molar-refractivity contribution in [2.45, 2.75) is 6.04 Å². The van der Waals surface area contributed by atoms with Crippen molar-refractivity contribution in [2.75, 3.05) is 13.2 Å².